The molecular formula is C19H38O4S. The maximum absolute atomic E-state index is 8.61. The molecule has 0 atom stereocenters. The SMILES string of the molecule is C1OC2OCC1CO2.CCCCCCCCCCCSCCCO. The summed E-state index contributed by atoms with van der Waals surface area (Å²) in [5, 5.41) is 8.61. The van der Waals surface area contributed by atoms with Gasteiger partial charge in [-0.05, 0) is 24.3 Å². The van der Waals surface area contributed by atoms with E-state index in [-0.39, 0.29) is 6.48 Å². The molecule has 0 aliphatic carbocycles. The first-order chi connectivity index (χ1) is 11.9. The lowest BCUT2D eigenvalue weighted by Gasteiger charge is -2.35. The van der Waals surface area contributed by atoms with Gasteiger partial charge in [0, 0.05) is 12.5 Å². The minimum Gasteiger partial charge on any atom is -0.396 e. The number of aliphatic hydroxyl groups is 1. The zero-order valence-electron chi connectivity index (χ0n) is 15.5. The van der Waals surface area contributed by atoms with E-state index in [4.69, 9.17) is 19.3 Å². The Bertz CT molecular complexity index is 221. The minimum absolute atomic E-state index is 0.347. The largest absolute Gasteiger partial charge is 0.396 e. The Kier molecular flexibility index (Phi) is 15.4. The van der Waals surface area contributed by atoms with Crippen molar-refractivity contribution in [2.24, 2.45) is 5.92 Å². The van der Waals surface area contributed by atoms with E-state index in [1.807, 2.05) is 11.8 Å². The van der Waals surface area contributed by atoms with Crippen LogP contribution in [0.15, 0.2) is 0 Å². The molecule has 3 rings (SSSR count). The summed E-state index contributed by atoms with van der Waals surface area (Å²) in [7, 11) is 0. The maximum Gasteiger partial charge on any atom is 0.271 e. The van der Waals surface area contributed by atoms with Gasteiger partial charge in [0.2, 0.25) is 0 Å². The third kappa shape index (κ3) is 12.5. The zero-order valence-corrected chi connectivity index (χ0v) is 16.4. The van der Waals surface area contributed by atoms with Crippen LogP contribution in [0.3, 0.4) is 0 Å². The van der Waals surface area contributed by atoms with Gasteiger partial charge < -0.3 is 19.3 Å². The monoisotopic (exact) mass is 362 g/mol. The molecule has 2 bridgehead atoms. The van der Waals surface area contributed by atoms with Crippen molar-refractivity contribution in [3.63, 3.8) is 0 Å². The molecule has 0 radical (unpaired) electrons. The van der Waals surface area contributed by atoms with E-state index in [0.29, 0.717) is 12.5 Å². The molecule has 3 saturated heterocycles. The number of aliphatic hydroxyl groups excluding tert-OH is 1. The van der Waals surface area contributed by atoms with Crippen molar-refractivity contribution in [2.75, 3.05) is 37.9 Å². The molecule has 144 valence electrons. The van der Waals surface area contributed by atoms with Gasteiger partial charge in [0.05, 0.1) is 19.8 Å². The molecule has 0 saturated carbocycles. The molecule has 5 heteroatoms. The van der Waals surface area contributed by atoms with E-state index >= 15 is 0 Å². The number of ether oxygens (including phenoxy) is 3. The first kappa shape index (κ1) is 22.2. The number of fused-ring (bicyclic) bond motifs is 3. The second-order valence-corrected chi connectivity index (χ2v) is 7.90. The Morgan fingerprint density at radius 1 is 0.750 bits per heavy atom. The lowest BCUT2D eigenvalue weighted by molar-refractivity contribution is -0.368. The molecule has 3 aliphatic rings. The highest BCUT2D eigenvalue weighted by atomic mass is 32.2. The molecule has 0 aromatic rings. The van der Waals surface area contributed by atoms with E-state index in [1.54, 1.807) is 0 Å². The van der Waals surface area contributed by atoms with Gasteiger partial charge in [-0.1, -0.05) is 58.3 Å². The van der Waals surface area contributed by atoms with Crippen LogP contribution in [0.2, 0.25) is 0 Å². The summed E-state index contributed by atoms with van der Waals surface area (Å²) in [6.07, 6.45) is 13.7. The predicted molar refractivity (Wildman–Crippen MR) is 101 cm³/mol. The summed E-state index contributed by atoms with van der Waals surface area (Å²) in [6.45, 7) is 4.71. The van der Waals surface area contributed by atoms with Gasteiger partial charge in [-0.3, -0.25) is 0 Å². The van der Waals surface area contributed by atoms with Crippen LogP contribution in [0.25, 0.3) is 0 Å². The summed E-state index contributed by atoms with van der Waals surface area (Å²) in [5.41, 5.74) is 0. The standard InChI is InChI=1S/C14H30OS.C5H8O3/c1-2-3-4-5-6-7-8-9-10-13-16-14-11-12-15;1-4-2-7-5(6-1)8-3-4/h15H,2-14H2,1H3;4-5H,1-3H2. The molecule has 0 spiro atoms. The van der Waals surface area contributed by atoms with Crippen LogP contribution in [0.1, 0.15) is 71.1 Å². The fraction of sp³-hybridized carbons (Fsp3) is 1.00. The first-order valence-electron chi connectivity index (χ1n) is 9.90. The molecule has 4 nitrogen and oxygen atoms in total. The third-order valence-corrected chi connectivity index (χ3v) is 5.40. The molecule has 0 unspecified atom stereocenters. The summed E-state index contributed by atoms with van der Waals surface area (Å²) >= 11 is 1.99. The van der Waals surface area contributed by atoms with Crippen molar-refractivity contribution in [3.8, 4) is 0 Å². The van der Waals surface area contributed by atoms with Crippen LogP contribution >= 0.6 is 11.8 Å². The summed E-state index contributed by atoms with van der Waals surface area (Å²) in [4.78, 5) is 0. The highest BCUT2D eigenvalue weighted by Crippen LogP contribution is 2.19. The topological polar surface area (TPSA) is 47.9 Å². The van der Waals surface area contributed by atoms with Crippen LogP contribution in [-0.2, 0) is 14.2 Å². The Hall–Kier alpha value is 0.190. The van der Waals surface area contributed by atoms with Gasteiger partial charge in [0.25, 0.3) is 6.48 Å². The second-order valence-electron chi connectivity index (χ2n) is 6.67. The maximum atomic E-state index is 8.61. The van der Waals surface area contributed by atoms with Crippen molar-refractivity contribution >= 4 is 11.8 Å². The van der Waals surface area contributed by atoms with Crippen molar-refractivity contribution < 1.29 is 19.3 Å². The Labute approximate surface area is 153 Å². The van der Waals surface area contributed by atoms with E-state index < -0.39 is 0 Å². The number of hydrogen-bond donors (Lipinski definition) is 1. The van der Waals surface area contributed by atoms with Gasteiger partial charge in [-0.25, -0.2) is 0 Å². The molecule has 0 aromatic heterocycles. The molecule has 0 amide bonds. The van der Waals surface area contributed by atoms with Crippen molar-refractivity contribution in [1.82, 2.24) is 0 Å². The molecule has 24 heavy (non-hydrogen) atoms. The Morgan fingerprint density at radius 2 is 1.25 bits per heavy atom. The van der Waals surface area contributed by atoms with E-state index in [0.717, 1.165) is 32.0 Å². The smallest absolute Gasteiger partial charge is 0.271 e. The number of unbranched alkanes of at least 4 members (excludes halogenated alkanes) is 8. The quantitative estimate of drug-likeness (QED) is 0.485. The predicted octanol–water partition coefficient (Wildman–Crippen LogP) is 4.60. The zero-order chi connectivity index (χ0) is 17.3. The van der Waals surface area contributed by atoms with Gasteiger partial charge in [0.15, 0.2) is 0 Å². The lowest BCUT2D eigenvalue weighted by atomic mass is 10.1. The van der Waals surface area contributed by atoms with Crippen LogP contribution in [0.4, 0.5) is 0 Å². The number of thioether (sulfide) groups is 1. The van der Waals surface area contributed by atoms with Crippen LogP contribution in [-0.4, -0.2) is 49.5 Å². The summed E-state index contributed by atoms with van der Waals surface area (Å²) < 4.78 is 15.1. The average molecular weight is 363 g/mol. The Morgan fingerprint density at radius 3 is 1.67 bits per heavy atom. The Balaban J connectivity index is 0.000000292. The highest BCUT2D eigenvalue weighted by Gasteiger charge is 2.29. The average Bonchev–Trinajstić information content (AvgIpc) is 2.65. The number of hydrogen-bond acceptors (Lipinski definition) is 5. The second kappa shape index (κ2) is 16.6. The van der Waals surface area contributed by atoms with Gasteiger partial charge in [-0.15, -0.1) is 0 Å². The summed E-state index contributed by atoms with van der Waals surface area (Å²) in [6, 6.07) is 0. The molecule has 0 aromatic carbocycles. The van der Waals surface area contributed by atoms with Crippen LogP contribution in [0.5, 0.6) is 0 Å². The minimum atomic E-state index is -0.347. The fourth-order valence-electron chi connectivity index (χ4n) is 2.72. The van der Waals surface area contributed by atoms with Crippen molar-refractivity contribution in [3.05, 3.63) is 0 Å². The summed E-state index contributed by atoms with van der Waals surface area (Å²) in [5.74, 6) is 2.91. The molecule has 3 aliphatic heterocycles. The molecule has 1 N–H and O–H groups in total. The van der Waals surface area contributed by atoms with Gasteiger partial charge in [-0.2, -0.15) is 11.8 Å². The van der Waals surface area contributed by atoms with E-state index in [9.17, 15) is 0 Å². The molecule has 3 fully saturated rings. The first-order valence-corrected chi connectivity index (χ1v) is 11.1. The lowest BCUT2D eigenvalue weighted by Crippen LogP contribution is -2.43. The van der Waals surface area contributed by atoms with E-state index in [2.05, 4.69) is 6.92 Å². The third-order valence-electron chi connectivity index (χ3n) is 4.24. The van der Waals surface area contributed by atoms with Crippen LogP contribution in [0, 0.1) is 5.92 Å². The van der Waals surface area contributed by atoms with Crippen molar-refractivity contribution in [2.45, 2.75) is 77.6 Å². The van der Waals surface area contributed by atoms with E-state index in [1.165, 1.54) is 63.5 Å². The fourth-order valence-corrected chi connectivity index (χ4v) is 3.66. The molecule has 3 heterocycles. The molecular weight excluding hydrogens is 324 g/mol. The normalized spacial score (nSPS) is 22.2. The highest BCUT2D eigenvalue weighted by molar-refractivity contribution is 7.99. The van der Waals surface area contributed by atoms with Gasteiger partial charge >= 0.3 is 0 Å². The van der Waals surface area contributed by atoms with Crippen LogP contribution < -0.4 is 0 Å². The van der Waals surface area contributed by atoms with Gasteiger partial charge in [0.1, 0.15) is 0 Å². The number of rotatable bonds is 13. The van der Waals surface area contributed by atoms with Crippen molar-refractivity contribution in [1.29, 1.82) is 0 Å².